The second-order valence-electron chi connectivity index (χ2n) is 9.55. The Morgan fingerprint density at radius 2 is 1.97 bits per heavy atom. The molecule has 1 amide bonds. The molecule has 0 saturated heterocycles. The highest BCUT2D eigenvalue weighted by atomic mass is 16.4. The summed E-state index contributed by atoms with van der Waals surface area (Å²) in [5.74, 6) is -0.838. The first-order valence-corrected chi connectivity index (χ1v) is 12.3. The molecule has 0 radical (unpaired) electrons. The van der Waals surface area contributed by atoms with Gasteiger partial charge >= 0.3 is 5.97 Å². The summed E-state index contributed by atoms with van der Waals surface area (Å²) >= 11 is 0. The van der Waals surface area contributed by atoms with E-state index in [9.17, 15) is 19.8 Å². The number of hydrogen-bond acceptors (Lipinski definition) is 5. The maximum absolute atomic E-state index is 13.0. The van der Waals surface area contributed by atoms with Crippen LogP contribution in [0.5, 0.6) is 0 Å². The van der Waals surface area contributed by atoms with E-state index in [1.807, 2.05) is 22.8 Å². The van der Waals surface area contributed by atoms with E-state index in [4.69, 9.17) is 0 Å². The molecule has 8 heteroatoms. The van der Waals surface area contributed by atoms with Crippen LogP contribution in [0.1, 0.15) is 60.4 Å². The average Bonchev–Trinajstić information content (AvgIpc) is 3.18. The average molecular weight is 479 g/mol. The standard InChI is InChI=1S/C27H34N4O4/c1-30(2)24(33)12-14-29-23(32)17-31-22-15-19(27(34)35)10-11-21(22)25(18-7-4-3-5-8-18)26(31)20-9-6-13-28-16-20/h6,9-11,13,15-16,18,24,33H,3-5,7-8,12,14,17H2,1-2H3,(H,29,32)(H,34,35). The second-order valence-corrected chi connectivity index (χ2v) is 9.55. The van der Waals surface area contributed by atoms with Crippen LogP contribution in [0.25, 0.3) is 22.2 Å². The van der Waals surface area contributed by atoms with Gasteiger partial charge in [0.2, 0.25) is 5.91 Å². The summed E-state index contributed by atoms with van der Waals surface area (Å²) in [6.45, 7) is 0.393. The largest absolute Gasteiger partial charge is 0.478 e. The summed E-state index contributed by atoms with van der Waals surface area (Å²) in [6, 6.07) is 9.09. The molecule has 0 aliphatic heterocycles. The Balaban J connectivity index is 1.79. The summed E-state index contributed by atoms with van der Waals surface area (Å²) < 4.78 is 1.94. The molecule has 3 N–H and O–H groups in total. The summed E-state index contributed by atoms with van der Waals surface area (Å²) in [5, 5.41) is 23.6. The van der Waals surface area contributed by atoms with Gasteiger partial charge in [-0.05, 0) is 62.7 Å². The number of aromatic carboxylic acids is 1. The molecule has 1 aliphatic rings. The fourth-order valence-electron chi connectivity index (χ4n) is 5.09. The van der Waals surface area contributed by atoms with Crippen molar-refractivity contribution in [3.05, 3.63) is 53.9 Å². The van der Waals surface area contributed by atoms with Gasteiger partial charge in [0, 0.05) is 36.3 Å². The molecule has 1 fully saturated rings. The van der Waals surface area contributed by atoms with Crippen molar-refractivity contribution in [2.75, 3.05) is 20.6 Å². The van der Waals surface area contributed by atoms with Gasteiger partial charge in [0.1, 0.15) is 12.8 Å². The number of aromatic nitrogens is 2. The zero-order chi connectivity index (χ0) is 24.9. The summed E-state index contributed by atoms with van der Waals surface area (Å²) in [4.78, 5) is 30.8. The first kappa shape index (κ1) is 24.9. The maximum Gasteiger partial charge on any atom is 0.335 e. The van der Waals surface area contributed by atoms with Crippen molar-refractivity contribution in [1.82, 2.24) is 19.8 Å². The number of hydrogen-bond donors (Lipinski definition) is 3. The first-order valence-electron chi connectivity index (χ1n) is 12.3. The van der Waals surface area contributed by atoms with Crippen molar-refractivity contribution < 1.29 is 19.8 Å². The normalized spacial score (nSPS) is 15.4. The highest BCUT2D eigenvalue weighted by Gasteiger charge is 2.28. The molecular weight excluding hydrogens is 444 g/mol. The molecule has 35 heavy (non-hydrogen) atoms. The van der Waals surface area contributed by atoms with Gasteiger partial charge in [0.25, 0.3) is 0 Å². The Hall–Kier alpha value is -3.23. The van der Waals surface area contributed by atoms with Crippen molar-refractivity contribution in [2.24, 2.45) is 0 Å². The molecule has 1 atom stereocenters. The number of carbonyl (C=O) groups excluding carboxylic acids is 1. The van der Waals surface area contributed by atoms with Crippen LogP contribution in [0.3, 0.4) is 0 Å². The fraction of sp³-hybridized carbons (Fsp3) is 0.444. The highest BCUT2D eigenvalue weighted by Crippen LogP contribution is 2.44. The monoisotopic (exact) mass is 478 g/mol. The number of benzene rings is 1. The van der Waals surface area contributed by atoms with Gasteiger partial charge in [0.15, 0.2) is 0 Å². The van der Waals surface area contributed by atoms with Crippen LogP contribution >= 0.6 is 0 Å². The van der Waals surface area contributed by atoms with Gasteiger partial charge < -0.3 is 20.1 Å². The minimum Gasteiger partial charge on any atom is -0.478 e. The van der Waals surface area contributed by atoms with E-state index in [0.29, 0.717) is 18.9 Å². The summed E-state index contributed by atoms with van der Waals surface area (Å²) in [5.41, 5.74) is 3.97. The Bertz CT molecular complexity index is 1180. The summed E-state index contributed by atoms with van der Waals surface area (Å²) in [7, 11) is 3.57. The van der Waals surface area contributed by atoms with E-state index >= 15 is 0 Å². The lowest BCUT2D eigenvalue weighted by molar-refractivity contribution is -0.121. The number of fused-ring (bicyclic) bond motifs is 1. The topological polar surface area (TPSA) is 108 Å². The zero-order valence-electron chi connectivity index (χ0n) is 20.4. The number of nitrogens with one attached hydrogen (secondary N) is 1. The van der Waals surface area contributed by atoms with Crippen molar-refractivity contribution >= 4 is 22.8 Å². The van der Waals surface area contributed by atoms with Gasteiger partial charge in [-0.2, -0.15) is 0 Å². The molecule has 1 unspecified atom stereocenters. The molecule has 2 heterocycles. The number of aliphatic hydroxyl groups excluding tert-OH is 1. The van der Waals surface area contributed by atoms with E-state index in [1.54, 1.807) is 43.5 Å². The van der Waals surface area contributed by atoms with Crippen LogP contribution in [0.15, 0.2) is 42.7 Å². The molecule has 8 nitrogen and oxygen atoms in total. The quantitative estimate of drug-likeness (QED) is 0.404. The molecule has 4 rings (SSSR count). The predicted molar refractivity (Wildman–Crippen MR) is 135 cm³/mol. The van der Waals surface area contributed by atoms with Crippen LogP contribution in [0.2, 0.25) is 0 Å². The van der Waals surface area contributed by atoms with Crippen molar-refractivity contribution in [3.8, 4) is 11.3 Å². The molecule has 1 aliphatic carbocycles. The first-order chi connectivity index (χ1) is 16.9. The third kappa shape index (κ3) is 5.55. The van der Waals surface area contributed by atoms with Crippen molar-refractivity contribution in [1.29, 1.82) is 0 Å². The molecule has 1 aromatic carbocycles. The molecule has 3 aromatic rings. The van der Waals surface area contributed by atoms with Crippen LogP contribution in [0.4, 0.5) is 0 Å². The third-order valence-electron chi connectivity index (χ3n) is 6.92. The number of carboxylic acid groups (broad SMARTS) is 1. The Labute approximate surface area is 205 Å². The minimum atomic E-state index is -0.996. The number of carboxylic acids is 1. The number of nitrogens with zero attached hydrogens (tertiary/aromatic N) is 3. The fourth-order valence-corrected chi connectivity index (χ4v) is 5.09. The van der Waals surface area contributed by atoms with Gasteiger partial charge in [-0.15, -0.1) is 0 Å². The minimum absolute atomic E-state index is 0.0502. The lowest BCUT2D eigenvalue weighted by Crippen LogP contribution is -2.34. The Kier molecular flexibility index (Phi) is 7.83. The highest BCUT2D eigenvalue weighted by molar-refractivity contribution is 5.99. The van der Waals surface area contributed by atoms with Crippen LogP contribution < -0.4 is 5.32 Å². The maximum atomic E-state index is 13.0. The number of carbonyl (C=O) groups is 2. The Morgan fingerprint density at radius 3 is 2.63 bits per heavy atom. The number of pyridine rings is 1. The van der Waals surface area contributed by atoms with E-state index in [-0.39, 0.29) is 18.0 Å². The summed E-state index contributed by atoms with van der Waals surface area (Å²) in [6.07, 6.45) is 8.99. The Morgan fingerprint density at radius 1 is 1.20 bits per heavy atom. The number of rotatable bonds is 9. The molecular formula is C27H34N4O4. The number of amides is 1. The smallest absolute Gasteiger partial charge is 0.335 e. The number of aliphatic hydroxyl groups is 1. The van der Waals surface area contributed by atoms with Gasteiger partial charge in [-0.25, -0.2) is 4.79 Å². The van der Waals surface area contributed by atoms with Crippen LogP contribution in [0, 0.1) is 0 Å². The van der Waals surface area contributed by atoms with E-state index in [1.165, 1.54) is 12.0 Å². The van der Waals surface area contributed by atoms with Crippen molar-refractivity contribution in [2.45, 2.75) is 57.2 Å². The molecule has 0 bridgehead atoms. The molecule has 0 spiro atoms. The van der Waals surface area contributed by atoms with Crippen LogP contribution in [-0.4, -0.2) is 63.4 Å². The molecule has 186 valence electrons. The van der Waals surface area contributed by atoms with Gasteiger partial charge in [0.05, 0.1) is 16.8 Å². The predicted octanol–water partition coefficient (Wildman–Crippen LogP) is 3.84. The second kappa shape index (κ2) is 11.0. The van der Waals surface area contributed by atoms with Crippen molar-refractivity contribution in [3.63, 3.8) is 0 Å². The lowest BCUT2D eigenvalue weighted by Gasteiger charge is -2.23. The third-order valence-corrected chi connectivity index (χ3v) is 6.92. The lowest BCUT2D eigenvalue weighted by atomic mass is 9.82. The van der Waals surface area contributed by atoms with E-state index < -0.39 is 12.2 Å². The van der Waals surface area contributed by atoms with Gasteiger partial charge in [-0.3, -0.25) is 14.7 Å². The van der Waals surface area contributed by atoms with E-state index in [2.05, 4.69) is 10.3 Å². The zero-order valence-corrected chi connectivity index (χ0v) is 20.4. The molecule has 2 aromatic heterocycles. The molecule has 1 saturated carbocycles. The van der Waals surface area contributed by atoms with Gasteiger partial charge in [-0.1, -0.05) is 25.3 Å². The van der Waals surface area contributed by atoms with E-state index in [0.717, 1.165) is 47.8 Å². The SMILES string of the molecule is CN(C)C(O)CCNC(=O)Cn1c(-c2cccnc2)c(C2CCCCC2)c2ccc(C(=O)O)cc21. The van der Waals surface area contributed by atoms with Crippen LogP contribution in [-0.2, 0) is 11.3 Å².